The van der Waals surface area contributed by atoms with E-state index in [0.29, 0.717) is 13.0 Å². The van der Waals surface area contributed by atoms with Gasteiger partial charge in [0.15, 0.2) is 0 Å². The second-order valence-electron chi connectivity index (χ2n) is 4.15. The molecule has 0 aliphatic carbocycles. The maximum absolute atomic E-state index is 11.8. The summed E-state index contributed by atoms with van der Waals surface area (Å²) in [6.07, 6.45) is 0.532. The summed E-state index contributed by atoms with van der Waals surface area (Å²) in [6.45, 7) is 2.25. The van der Waals surface area contributed by atoms with Crippen LogP contribution in [0.25, 0.3) is 0 Å². The fourth-order valence-corrected chi connectivity index (χ4v) is 1.71. The molecule has 0 aliphatic heterocycles. The van der Waals surface area contributed by atoms with Gasteiger partial charge in [0.05, 0.1) is 19.1 Å². The van der Waals surface area contributed by atoms with Gasteiger partial charge in [-0.25, -0.2) is 0 Å². The van der Waals surface area contributed by atoms with Crippen molar-refractivity contribution in [2.75, 3.05) is 19.7 Å². The van der Waals surface area contributed by atoms with Crippen LogP contribution in [0.5, 0.6) is 0 Å². The third-order valence-electron chi connectivity index (χ3n) is 2.68. The van der Waals surface area contributed by atoms with Gasteiger partial charge in [-0.3, -0.25) is 9.59 Å². The van der Waals surface area contributed by atoms with Crippen LogP contribution in [0.2, 0.25) is 0 Å². The molecule has 0 heterocycles. The SMILES string of the molecule is CCOC(=O)C(CNC(=O)CN)Cc1ccccc1.Cl. The Hall–Kier alpha value is -1.59. The van der Waals surface area contributed by atoms with Gasteiger partial charge in [-0.05, 0) is 18.9 Å². The number of hydrogen-bond acceptors (Lipinski definition) is 4. The topological polar surface area (TPSA) is 81.4 Å². The number of carbonyl (C=O) groups excluding carboxylic acids is 2. The minimum atomic E-state index is -0.391. The molecule has 0 saturated carbocycles. The first kappa shape index (κ1) is 18.4. The van der Waals surface area contributed by atoms with Gasteiger partial charge in [0, 0.05) is 6.54 Å². The molecule has 0 bridgehead atoms. The summed E-state index contributed by atoms with van der Waals surface area (Å²) in [5.41, 5.74) is 6.25. The van der Waals surface area contributed by atoms with Crippen LogP contribution in [0.3, 0.4) is 0 Å². The second kappa shape index (κ2) is 10.2. The molecule has 1 aromatic rings. The lowest BCUT2D eigenvalue weighted by Gasteiger charge is -2.16. The number of esters is 1. The van der Waals surface area contributed by atoms with E-state index in [1.807, 2.05) is 30.3 Å². The average molecular weight is 301 g/mol. The molecule has 1 atom stereocenters. The highest BCUT2D eigenvalue weighted by atomic mass is 35.5. The van der Waals surface area contributed by atoms with Gasteiger partial charge in [0.1, 0.15) is 0 Å². The molecule has 0 aliphatic rings. The third kappa shape index (κ3) is 6.54. The Morgan fingerprint density at radius 2 is 1.95 bits per heavy atom. The molecule has 0 spiro atoms. The molecule has 6 heteroatoms. The van der Waals surface area contributed by atoms with Crippen LogP contribution in [0.4, 0.5) is 0 Å². The Labute approximate surface area is 125 Å². The minimum absolute atomic E-state index is 0. The van der Waals surface area contributed by atoms with E-state index < -0.39 is 5.92 Å². The highest BCUT2D eigenvalue weighted by molar-refractivity contribution is 5.85. The Bertz CT molecular complexity index is 412. The van der Waals surface area contributed by atoms with Gasteiger partial charge in [-0.2, -0.15) is 0 Å². The first-order valence-corrected chi connectivity index (χ1v) is 6.34. The minimum Gasteiger partial charge on any atom is -0.466 e. The molecule has 0 saturated heterocycles. The van der Waals surface area contributed by atoms with Crippen LogP contribution in [0, 0.1) is 5.92 Å². The number of rotatable bonds is 7. The zero-order valence-corrected chi connectivity index (χ0v) is 12.3. The van der Waals surface area contributed by atoms with E-state index in [1.165, 1.54) is 0 Å². The van der Waals surface area contributed by atoms with Crippen LogP contribution >= 0.6 is 12.4 Å². The summed E-state index contributed by atoms with van der Waals surface area (Å²) in [4.78, 5) is 23.0. The molecule has 0 fully saturated rings. The maximum Gasteiger partial charge on any atom is 0.311 e. The largest absolute Gasteiger partial charge is 0.466 e. The Morgan fingerprint density at radius 1 is 1.30 bits per heavy atom. The van der Waals surface area contributed by atoms with Gasteiger partial charge < -0.3 is 15.8 Å². The molecule has 20 heavy (non-hydrogen) atoms. The van der Waals surface area contributed by atoms with E-state index in [1.54, 1.807) is 6.92 Å². The number of hydrogen-bond donors (Lipinski definition) is 2. The van der Waals surface area contributed by atoms with Gasteiger partial charge >= 0.3 is 5.97 Å². The van der Waals surface area contributed by atoms with Gasteiger partial charge in [0.2, 0.25) is 5.91 Å². The van der Waals surface area contributed by atoms with Crippen LogP contribution in [-0.4, -0.2) is 31.6 Å². The van der Waals surface area contributed by atoms with E-state index in [9.17, 15) is 9.59 Å². The summed E-state index contributed by atoms with van der Waals surface area (Å²) in [6, 6.07) is 9.62. The molecular weight excluding hydrogens is 280 g/mol. The number of amides is 1. The third-order valence-corrected chi connectivity index (χ3v) is 2.68. The zero-order valence-electron chi connectivity index (χ0n) is 11.5. The van der Waals surface area contributed by atoms with E-state index >= 15 is 0 Å². The lowest BCUT2D eigenvalue weighted by atomic mass is 9.99. The van der Waals surface area contributed by atoms with Crippen molar-refractivity contribution in [3.8, 4) is 0 Å². The summed E-state index contributed by atoms with van der Waals surface area (Å²) >= 11 is 0. The molecule has 112 valence electrons. The standard InChI is InChI=1S/C14H20N2O3.ClH/c1-2-19-14(18)12(10-16-13(17)9-15)8-11-6-4-3-5-7-11;/h3-7,12H,2,8-10,15H2,1H3,(H,16,17);1H. The van der Waals surface area contributed by atoms with Gasteiger partial charge in [0.25, 0.3) is 0 Å². The van der Waals surface area contributed by atoms with Crippen molar-refractivity contribution >= 4 is 24.3 Å². The van der Waals surface area contributed by atoms with Crippen LogP contribution in [0.1, 0.15) is 12.5 Å². The number of nitrogens with two attached hydrogens (primary N) is 1. The lowest BCUT2D eigenvalue weighted by molar-refractivity contribution is -0.147. The van der Waals surface area contributed by atoms with Gasteiger partial charge in [-0.1, -0.05) is 30.3 Å². The predicted octanol–water partition coefficient (Wildman–Crippen LogP) is 0.905. The highest BCUT2D eigenvalue weighted by Gasteiger charge is 2.20. The Kier molecular flexibility index (Phi) is 9.41. The van der Waals surface area contributed by atoms with Crippen molar-refractivity contribution in [3.63, 3.8) is 0 Å². The highest BCUT2D eigenvalue weighted by Crippen LogP contribution is 2.10. The molecule has 1 unspecified atom stereocenters. The molecule has 1 amide bonds. The summed E-state index contributed by atoms with van der Waals surface area (Å²) in [7, 11) is 0. The molecule has 1 rings (SSSR count). The van der Waals surface area contributed by atoms with Crippen molar-refractivity contribution < 1.29 is 14.3 Å². The average Bonchev–Trinajstić information content (AvgIpc) is 2.44. The van der Waals surface area contributed by atoms with Crippen LogP contribution in [0.15, 0.2) is 30.3 Å². The Balaban J connectivity index is 0.00000361. The Morgan fingerprint density at radius 3 is 2.50 bits per heavy atom. The number of benzene rings is 1. The van der Waals surface area contributed by atoms with Crippen molar-refractivity contribution in [1.29, 1.82) is 0 Å². The first-order chi connectivity index (χ1) is 9.17. The number of halogens is 1. The summed E-state index contributed by atoms with van der Waals surface area (Å²) in [5.74, 6) is -0.969. The quantitative estimate of drug-likeness (QED) is 0.733. The second-order valence-corrected chi connectivity index (χ2v) is 4.15. The molecule has 1 aromatic carbocycles. The first-order valence-electron chi connectivity index (χ1n) is 6.34. The van der Waals surface area contributed by atoms with E-state index in [4.69, 9.17) is 10.5 Å². The normalized spacial score (nSPS) is 11.1. The molecule has 0 aromatic heterocycles. The van der Waals surface area contributed by atoms with Crippen molar-refractivity contribution in [2.45, 2.75) is 13.3 Å². The summed E-state index contributed by atoms with van der Waals surface area (Å²) in [5, 5.41) is 2.63. The smallest absolute Gasteiger partial charge is 0.311 e. The fourth-order valence-electron chi connectivity index (χ4n) is 1.71. The molecular formula is C14H21ClN2O3. The van der Waals surface area contributed by atoms with Crippen LogP contribution < -0.4 is 11.1 Å². The zero-order chi connectivity index (χ0) is 14.1. The van der Waals surface area contributed by atoms with E-state index in [2.05, 4.69) is 5.32 Å². The van der Waals surface area contributed by atoms with Crippen molar-refractivity contribution in [3.05, 3.63) is 35.9 Å². The van der Waals surface area contributed by atoms with E-state index in [-0.39, 0.29) is 37.4 Å². The van der Waals surface area contributed by atoms with Crippen LogP contribution in [-0.2, 0) is 20.7 Å². The van der Waals surface area contributed by atoms with Crippen molar-refractivity contribution in [1.82, 2.24) is 5.32 Å². The molecule has 0 radical (unpaired) electrons. The van der Waals surface area contributed by atoms with E-state index in [0.717, 1.165) is 5.56 Å². The number of carbonyl (C=O) groups is 2. The maximum atomic E-state index is 11.8. The molecule has 3 N–H and O–H groups in total. The fraction of sp³-hybridized carbons (Fsp3) is 0.429. The lowest BCUT2D eigenvalue weighted by Crippen LogP contribution is -2.38. The molecule has 5 nitrogen and oxygen atoms in total. The number of ether oxygens (including phenoxy) is 1. The monoisotopic (exact) mass is 300 g/mol. The van der Waals surface area contributed by atoms with Gasteiger partial charge in [-0.15, -0.1) is 12.4 Å². The summed E-state index contributed by atoms with van der Waals surface area (Å²) < 4.78 is 5.02. The predicted molar refractivity (Wildman–Crippen MR) is 79.6 cm³/mol. The number of nitrogens with one attached hydrogen (secondary N) is 1. The van der Waals surface area contributed by atoms with Crippen molar-refractivity contribution in [2.24, 2.45) is 11.7 Å².